The van der Waals surface area contributed by atoms with Crippen LogP contribution in [0, 0.1) is 0 Å². The van der Waals surface area contributed by atoms with Crippen molar-refractivity contribution in [1.29, 1.82) is 0 Å². The molecule has 7 rings (SSSR count). The highest BCUT2D eigenvalue weighted by Gasteiger charge is 2.46. The highest BCUT2D eigenvalue weighted by atomic mass is 16.6. The maximum Gasteiger partial charge on any atom is 0.180 e. The Labute approximate surface area is 209 Å². The molecule has 8 heteroatoms. The van der Waals surface area contributed by atoms with Crippen LogP contribution in [0.1, 0.15) is 69.1 Å². The molecule has 3 fully saturated rings. The fourth-order valence-electron chi connectivity index (χ4n) is 6.52. The Morgan fingerprint density at radius 3 is 2.69 bits per heavy atom. The quantitative estimate of drug-likeness (QED) is 0.376. The summed E-state index contributed by atoms with van der Waals surface area (Å²) >= 11 is 0. The summed E-state index contributed by atoms with van der Waals surface area (Å²) in [7, 11) is 0. The van der Waals surface area contributed by atoms with E-state index in [4.69, 9.17) is 19.6 Å². The minimum atomic E-state index is -0.0977. The number of fused-ring (bicyclic) bond motifs is 3. The van der Waals surface area contributed by atoms with Crippen molar-refractivity contribution >= 4 is 16.9 Å². The van der Waals surface area contributed by atoms with Crippen LogP contribution in [-0.2, 0) is 4.74 Å². The lowest BCUT2D eigenvalue weighted by molar-refractivity contribution is -0.0198. The van der Waals surface area contributed by atoms with Gasteiger partial charge < -0.3 is 24.2 Å². The number of oxazole rings is 1. The molecule has 2 N–H and O–H groups in total. The molecule has 3 aromatic heterocycles. The highest BCUT2D eigenvalue weighted by Crippen LogP contribution is 2.44. The minimum absolute atomic E-state index is 0.0977. The fraction of sp³-hybridized carbons (Fsp3) is 0.464. The maximum absolute atomic E-state index is 6.41. The first-order chi connectivity index (χ1) is 17.7. The minimum Gasteiger partial charge on any atom is -0.491 e. The van der Waals surface area contributed by atoms with E-state index >= 15 is 0 Å². The molecule has 0 radical (unpaired) electrons. The lowest BCUT2D eigenvalue weighted by Gasteiger charge is -2.28. The Bertz CT molecular complexity index is 1370. The third kappa shape index (κ3) is 3.75. The molecule has 1 aliphatic carbocycles. The van der Waals surface area contributed by atoms with E-state index in [1.807, 2.05) is 18.3 Å². The molecule has 4 aromatic rings. The molecule has 3 aliphatic rings. The normalized spacial score (nSPS) is 27.6. The van der Waals surface area contributed by atoms with Gasteiger partial charge in [-0.3, -0.25) is 0 Å². The second-order valence-corrected chi connectivity index (χ2v) is 10.6. The molecular formula is C28H31N5O3. The van der Waals surface area contributed by atoms with Crippen LogP contribution >= 0.6 is 0 Å². The second-order valence-electron chi connectivity index (χ2n) is 10.6. The van der Waals surface area contributed by atoms with Gasteiger partial charge in [0.1, 0.15) is 41.5 Å². The molecule has 1 aromatic carbocycles. The number of rotatable bonds is 6. The number of nitrogens with zero attached hydrogens (tertiary/aromatic N) is 4. The summed E-state index contributed by atoms with van der Waals surface area (Å²) in [5, 5.41) is 0.906. The van der Waals surface area contributed by atoms with Gasteiger partial charge in [-0.05, 0) is 69.1 Å². The van der Waals surface area contributed by atoms with Crippen LogP contribution in [0.5, 0.6) is 5.75 Å². The smallest absolute Gasteiger partial charge is 0.180 e. The van der Waals surface area contributed by atoms with Gasteiger partial charge in [0, 0.05) is 23.7 Å². The van der Waals surface area contributed by atoms with E-state index in [9.17, 15) is 0 Å². The lowest BCUT2D eigenvalue weighted by Crippen LogP contribution is -2.32. The van der Waals surface area contributed by atoms with Gasteiger partial charge in [-0.1, -0.05) is 12.1 Å². The number of nitrogen functional groups attached to an aromatic ring is 1. The monoisotopic (exact) mass is 485 g/mol. The van der Waals surface area contributed by atoms with Gasteiger partial charge in [-0.15, -0.1) is 0 Å². The zero-order valence-corrected chi connectivity index (χ0v) is 20.3. The average molecular weight is 486 g/mol. The van der Waals surface area contributed by atoms with Crippen molar-refractivity contribution in [1.82, 2.24) is 19.5 Å². The number of ether oxygens (including phenoxy) is 2. The SMILES string of the molecule is Nc1ncnc2c1c(-c1cccc(OCC34CCC(CC3)O4)c1)cn2C1CCC(c2cnco2)CC1. The topological polar surface area (TPSA) is 101 Å². The van der Waals surface area contributed by atoms with Crippen molar-refractivity contribution in [2.75, 3.05) is 12.3 Å². The Hall–Kier alpha value is -3.39. The first-order valence-electron chi connectivity index (χ1n) is 13.1. The van der Waals surface area contributed by atoms with E-state index in [-0.39, 0.29) is 5.60 Å². The number of anilines is 1. The standard InChI is InChI=1S/C28H31N5O3/c29-26-25-23(19-2-1-3-22(12-19)34-15-28-10-8-21(36-28)9-11-28)14-33(27(25)32-16-31-26)20-6-4-18(5-7-20)24-13-30-17-35-24/h1-3,12-14,16-18,20-21H,4-11,15H2,(H2,29,31,32). The molecule has 2 saturated heterocycles. The van der Waals surface area contributed by atoms with Crippen LogP contribution in [0.15, 0.2) is 53.8 Å². The van der Waals surface area contributed by atoms with E-state index < -0.39 is 0 Å². The summed E-state index contributed by atoms with van der Waals surface area (Å²) in [5.74, 6) is 2.78. The predicted octanol–water partition coefficient (Wildman–Crippen LogP) is 5.66. The summed E-state index contributed by atoms with van der Waals surface area (Å²) in [6, 6.07) is 8.62. The molecule has 36 heavy (non-hydrogen) atoms. The third-order valence-electron chi connectivity index (χ3n) is 8.49. The van der Waals surface area contributed by atoms with Crippen LogP contribution in [0.3, 0.4) is 0 Å². The van der Waals surface area contributed by atoms with Gasteiger partial charge >= 0.3 is 0 Å². The van der Waals surface area contributed by atoms with Crippen LogP contribution < -0.4 is 10.5 Å². The van der Waals surface area contributed by atoms with Gasteiger partial charge in [-0.25, -0.2) is 15.0 Å². The second kappa shape index (κ2) is 8.62. The summed E-state index contributed by atoms with van der Waals surface area (Å²) < 4.78 is 20.3. The predicted molar refractivity (Wildman–Crippen MR) is 136 cm³/mol. The maximum atomic E-state index is 6.41. The molecule has 5 heterocycles. The number of benzene rings is 1. The van der Waals surface area contributed by atoms with Gasteiger partial charge in [0.15, 0.2) is 6.39 Å². The Balaban J connectivity index is 1.17. The molecule has 2 bridgehead atoms. The number of hydrogen-bond donors (Lipinski definition) is 1. The van der Waals surface area contributed by atoms with Crippen LogP contribution in [-0.4, -0.2) is 37.8 Å². The Kier molecular flexibility index (Phi) is 5.23. The molecule has 0 spiro atoms. The molecule has 2 aliphatic heterocycles. The largest absolute Gasteiger partial charge is 0.491 e. The van der Waals surface area contributed by atoms with Crippen LogP contribution in [0.4, 0.5) is 5.82 Å². The van der Waals surface area contributed by atoms with Crippen LogP contribution in [0.2, 0.25) is 0 Å². The van der Waals surface area contributed by atoms with Crippen molar-refractivity contribution in [2.45, 2.75) is 75.0 Å². The van der Waals surface area contributed by atoms with E-state index in [0.717, 1.165) is 85.0 Å². The van der Waals surface area contributed by atoms with Crippen molar-refractivity contribution in [3.63, 3.8) is 0 Å². The van der Waals surface area contributed by atoms with Crippen LogP contribution in [0.25, 0.3) is 22.2 Å². The molecule has 1 saturated carbocycles. The first kappa shape index (κ1) is 21.9. The Morgan fingerprint density at radius 2 is 1.94 bits per heavy atom. The summed E-state index contributed by atoms with van der Waals surface area (Å²) in [6.07, 6.45) is 16.3. The zero-order valence-electron chi connectivity index (χ0n) is 20.3. The number of nitrogens with two attached hydrogens (primary N) is 1. The lowest BCUT2D eigenvalue weighted by atomic mass is 9.84. The van der Waals surface area contributed by atoms with E-state index in [0.29, 0.717) is 30.5 Å². The molecule has 0 unspecified atom stereocenters. The van der Waals surface area contributed by atoms with Crippen molar-refractivity contribution in [3.8, 4) is 16.9 Å². The fourth-order valence-corrected chi connectivity index (χ4v) is 6.52. The van der Waals surface area contributed by atoms with Gasteiger partial charge in [-0.2, -0.15) is 0 Å². The zero-order chi connectivity index (χ0) is 24.1. The van der Waals surface area contributed by atoms with Gasteiger partial charge in [0.2, 0.25) is 0 Å². The van der Waals surface area contributed by atoms with E-state index in [2.05, 4.69) is 37.8 Å². The van der Waals surface area contributed by atoms with E-state index in [1.165, 1.54) is 6.39 Å². The van der Waals surface area contributed by atoms with Gasteiger partial charge in [0.05, 0.1) is 17.7 Å². The number of hydrogen-bond acceptors (Lipinski definition) is 7. The van der Waals surface area contributed by atoms with Crippen molar-refractivity contribution < 1.29 is 13.9 Å². The number of aromatic nitrogens is 4. The summed E-state index contributed by atoms with van der Waals surface area (Å²) in [6.45, 7) is 0.606. The Morgan fingerprint density at radius 1 is 1.08 bits per heavy atom. The molecule has 8 nitrogen and oxygen atoms in total. The molecular weight excluding hydrogens is 454 g/mol. The van der Waals surface area contributed by atoms with E-state index in [1.54, 1.807) is 6.33 Å². The van der Waals surface area contributed by atoms with Crippen molar-refractivity contribution in [2.24, 2.45) is 0 Å². The average Bonchev–Trinajstić information content (AvgIpc) is 3.72. The van der Waals surface area contributed by atoms with Crippen molar-refractivity contribution in [3.05, 3.63) is 55.1 Å². The highest BCUT2D eigenvalue weighted by molar-refractivity contribution is 6.00. The summed E-state index contributed by atoms with van der Waals surface area (Å²) in [5.41, 5.74) is 9.31. The van der Waals surface area contributed by atoms with Gasteiger partial charge in [0.25, 0.3) is 0 Å². The third-order valence-corrected chi connectivity index (χ3v) is 8.49. The first-order valence-corrected chi connectivity index (χ1v) is 13.1. The molecule has 0 atom stereocenters. The summed E-state index contributed by atoms with van der Waals surface area (Å²) in [4.78, 5) is 13.1. The molecule has 0 amide bonds. The molecule has 186 valence electrons.